The number of nitrogens with zero attached hydrogens (tertiary/aromatic N) is 1. The van der Waals surface area contributed by atoms with Crippen LogP contribution in [0.25, 0.3) is 0 Å². The van der Waals surface area contributed by atoms with Gasteiger partial charge < -0.3 is 16.0 Å². The fraction of sp³-hybridized carbons (Fsp3) is 0.300. The topological polar surface area (TPSA) is 87.7 Å². The maximum absolute atomic E-state index is 11.5. The van der Waals surface area contributed by atoms with Crippen molar-refractivity contribution in [1.29, 1.82) is 0 Å². The van der Waals surface area contributed by atoms with Crippen LogP contribution in [0.2, 0.25) is 5.15 Å². The molecule has 0 spiro atoms. The number of anilines is 1. The minimum atomic E-state index is -0.233. The molecular weight excluding hydrogens is 244 g/mol. The van der Waals surface area contributed by atoms with Gasteiger partial charge in [0.25, 0.3) is 11.8 Å². The number of quaternary nitrogens is 1. The maximum Gasteiger partial charge on any atom is 0.279 e. The molecule has 0 aromatic carbocycles. The van der Waals surface area contributed by atoms with Crippen LogP contribution in [0.3, 0.4) is 0 Å². The number of carbonyl (C=O) groups excluding carboxylic acids is 2. The molecule has 0 radical (unpaired) electrons. The van der Waals surface area contributed by atoms with Crippen LogP contribution in [-0.4, -0.2) is 36.9 Å². The number of halogens is 1. The molecule has 92 valence electrons. The van der Waals surface area contributed by atoms with Gasteiger partial charge in [-0.25, -0.2) is 4.98 Å². The van der Waals surface area contributed by atoms with Gasteiger partial charge in [0.05, 0.1) is 5.69 Å². The van der Waals surface area contributed by atoms with E-state index in [9.17, 15) is 9.59 Å². The Kier molecular flexibility index (Phi) is 5.38. The van der Waals surface area contributed by atoms with Gasteiger partial charge in [-0.2, -0.15) is 0 Å². The van der Waals surface area contributed by atoms with E-state index in [-0.39, 0.29) is 30.1 Å². The molecule has 2 amide bonds. The predicted molar refractivity (Wildman–Crippen MR) is 63.6 cm³/mol. The average molecular weight is 258 g/mol. The monoisotopic (exact) mass is 257 g/mol. The highest BCUT2D eigenvalue weighted by atomic mass is 35.5. The van der Waals surface area contributed by atoms with E-state index in [1.807, 2.05) is 0 Å². The van der Waals surface area contributed by atoms with Crippen LogP contribution >= 0.6 is 11.6 Å². The van der Waals surface area contributed by atoms with Crippen molar-refractivity contribution in [1.82, 2.24) is 10.3 Å². The van der Waals surface area contributed by atoms with Crippen molar-refractivity contribution < 1.29 is 14.9 Å². The molecule has 1 aromatic heterocycles. The molecule has 1 rings (SSSR count). The molecule has 17 heavy (non-hydrogen) atoms. The predicted octanol–water partition coefficient (Wildman–Crippen LogP) is -1.02. The minimum absolute atomic E-state index is 0.128. The Bertz CT molecular complexity index is 411. The lowest BCUT2D eigenvalue weighted by Crippen LogP contribution is -2.88. The lowest BCUT2D eigenvalue weighted by atomic mass is 10.4. The number of hydrogen-bond acceptors (Lipinski definition) is 3. The molecule has 4 N–H and O–H groups in total. The van der Waals surface area contributed by atoms with Gasteiger partial charge in [0.2, 0.25) is 0 Å². The Balaban J connectivity index is 2.35. The van der Waals surface area contributed by atoms with Gasteiger partial charge >= 0.3 is 0 Å². The fourth-order valence-corrected chi connectivity index (χ4v) is 1.28. The number of hydrogen-bond donors (Lipinski definition) is 3. The van der Waals surface area contributed by atoms with Crippen molar-refractivity contribution >= 4 is 29.1 Å². The van der Waals surface area contributed by atoms with Gasteiger partial charge in [-0.05, 0) is 12.1 Å². The summed E-state index contributed by atoms with van der Waals surface area (Å²) in [6.07, 6.45) is 1.54. The van der Waals surface area contributed by atoms with E-state index in [2.05, 4.69) is 15.6 Å². The molecule has 6 nitrogen and oxygen atoms in total. The molecule has 0 unspecified atom stereocenters. The Morgan fingerprint density at radius 1 is 1.41 bits per heavy atom. The van der Waals surface area contributed by atoms with E-state index in [0.717, 1.165) is 0 Å². The summed E-state index contributed by atoms with van der Waals surface area (Å²) in [5.41, 5.74) is 0.465. The largest absolute Gasteiger partial charge is 0.354 e. The Hall–Kier alpha value is -1.66. The first-order chi connectivity index (χ1) is 8.13. The Morgan fingerprint density at radius 3 is 2.76 bits per heavy atom. The number of carbonyl (C=O) groups is 2. The summed E-state index contributed by atoms with van der Waals surface area (Å²) in [6.45, 7) is 0.364. The van der Waals surface area contributed by atoms with Gasteiger partial charge in [-0.1, -0.05) is 11.6 Å². The summed E-state index contributed by atoms with van der Waals surface area (Å²) in [5.74, 6) is -0.360. The second kappa shape index (κ2) is 6.82. The first-order valence-corrected chi connectivity index (χ1v) is 5.44. The molecule has 1 aromatic rings. The number of nitrogens with one attached hydrogen (secondary N) is 2. The second-order valence-corrected chi connectivity index (χ2v) is 3.62. The molecule has 1 heterocycles. The van der Waals surface area contributed by atoms with Crippen LogP contribution in [0.5, 0.6) is 0 Å². The first-order valence-electron chi connectivity index (χ1n) is 5.06. The van der Waals surface area contributed by atoms with Gasteiger partial charge in [0.15, 0.2) is 18.2 Å². The quantitative estimate of drug-likeness (QED) is 0.590. The highest BCUT2D eigenvalue weighted by Gasteiger charge is 2.08. The number of likely N-dealkylation sites (N-methyl/N-ethyl adjacent to an activating group) is 1. The first kappa shape index (κ1) is 13.4. The van der Waals surface area contributed by atoms with E-state index in [4.69, 9.17) is 11.6 Å². The summed E-state index contributed by atoms with van der Waals surface area (Å²) >= 11 is 5.78. The molecular formula is C10H14ClN4O2+. The van der Waals surface area contributed by atoms with E-state index in [1.54, 1.807) is 24.5 Å². The van der Waals surface area contributed by atoms with Crippen LogP contribution in [0.15, 0.2) is 18.3 Å². The lowest BCUT2D eigenvalue weighted by molar-refractivity contribution is -0.632. The van der Waals surface area contributed by atoms with Crippen molar-refractivity contribution in [3.8, 4) is 0 Å². The third-order valence-electron chi connectivity index (χ3n) is 1.97. The number of nitrogens with two attached hydrogens (primary N) is 1. The minimum Gasteiger partial charge on any atom is -0.354 e. The van der Waals surface area contributed by atoms with Crippen LogP contribution in [0.4, 0.5) is 5.69 Å². The molecule has 0 saturated carbocycles. The van der Waals surface area contributed by atoms with Crippen LogP contribution < -0.4 is 16.0 Å². The zero-order chi connectivity index (χ0) is 12.7. The zero-order valence-electron chi connectivity index (χ0n) is 9.37. The maximum atomic E-state index is 11.5. The van der Waals surface area contributed by atoms with E-state index in [1.165, 1.54) is 6.20 Å². The van der Waals surface area contributed by atoms with Crippen molar-refractivity contribution in [2.24, 2.45) is 0 Å². The normalized spacial score (nSPS) is 9.76. The molecule has 0 bridgehead atoms. The summed E-state index contributed by atoms with van der Waals surface area (Å²) < 4.78 is 0. The van der Waals surface area contributed by atoms with Gasteiger partial charge in [-0.3, -0.25) is 9.59 Å². The number of rotatable bonds is 5. The number of aromatic nitrogens is 1. The standard InChI is InChI=1S/C10H13ClN4O2/c1-12-8(16)5-13-6-9(17)15-7-3-2-4-14-10(7)11/h2-4,13H,5-6H2,1H3,(H,12,16)(H,15,17)/p+1. The molecule has 0 aliphatic heterocycles. The molecule has 7 heteroatoms. The average Bonchev–Trinajstić information content (AvgIpc) is 2.32. The van der Waals surface area contributed by atoms with Crippen molar-refractivity contribution in [2.45, 2.75) is 0 Å². The van der Waals surface area contributed by atoms with Gasteiger partial charge in [0, 0.05) is 13.2 Å². The van der Waals surface area contributed by atoms with Crippen LogP contribution in [0.1, 0.15) is 0 Å². The summed E-state index contributed by atoms with van der Waals surface area (Å²) in [6, 6.07) is 3.34. The summed E-state index contributed by atoms with van der Waals surface area (Å²) in [4.78, 5) is 26.2. The highest BCUT2D eigenvalue weighted by molar-refractivity contribution is 6.32. The second-order valence-electron chi connectivity index (χ2n) is 3.26. The number of amides is 2. The van der Waals surface area contributed by atoms with Crippen LogP contribution in [0, 0.1) is 0 Å². The molecule has 0 aliphatic rings. The van der Waals surface area contributed by atoms with Crippen molar-refractivity contribution in [3.05, 3.63) is 23.5 Å². The van der Waals surface area contributed by atoms with Crippen molar-refractivity contribution in [2.75, 3.05) is 25.5 Å². The van der Waals surface area contributed by atoms with E-state index < -0.39 is 0 Å². The summed E-state index contributed by atoms with van der Waals surface area (Å²) in [5, 5.41) is 6.91. The SMILES string of the molecule is CNC(=O)C[NH2+]CC(=O)Nc1cccnc1Cl. The zero-order valence-corrected chi connectivity index (χ0v) is 10.1. The van der Waals surface area contributed by atoms with Crippen LogP contribution in [-0.2, 0) is 9.59 Å². The molecule has 0 atom stereocenters. The fourth-order valence-electron chi connectivity index (χ4n) is 1.12. The highest BCUT2D eigenvalue weighted by Crippen LogP contribution is 2.16. The van der Waals surface area contributed by atoms with E-state index >= 15 is 0 Å². The Morgan fingerprint density at radius 2 is 2.12 bits per heavy atom. The number of pyridine rings is 1. The lowest BCUT2D eigenvalue weighted by Gasteiger charge is -2.05. The van der Waals surface area contributed by atoms with Gasteiger partial charge in [-0.15, -0.1) is 0 Å². The third-order valence-corrected chi connectivity index (χ3v) is 2.27. The summed E-state index contributed by atoms with van der Waals surface area (Å²) in [7, 11) is 1.55. The molecule has 0 saturated heterocycles. The Labute approximate surface area is 104 Å². The van der Waals surface area contributed by atoms with Gasteiger partial charge in [0.1, 0.15) is 0 Å². The molecule has 0 aliphatic carbocycles. The molecule has 0 fully saturated rings. The third kappa shape index (κ3) is 4.80. The van der Waals surface area contributed by atoms with E-state index in [0.29, 0.717) is 5.69 Å². The van der Waals surface area contributed by atoms with Crippen molar-refractivity contribution in [3.63, 3.8) is 0 Å². The smallest absolute Gasteiger partial charge is 0.279 e.